The van der Waals surface area contributed by atoms with E-state index in [0.717, 1.165) is 0 Å². The first-order valence-electron chi connectivity index (χ1n) is 6.89. The summed E-state index contributed by atoms with van der Waals surface area (Å²) in [5, 5.41) is 0.449. The summed E-state index contributed by atoms with van der Waals surface area (Å²) in [6.45, 7) is 3.70. The predicted molar refractivity (Wildman–Crippen MR) is 89.4 cm³/mol. The van der Waals surface area contributed by atoms with E-state index in [2.05, 4.69) is 4.72 Å². The Hall–Kier alpha value is -2.05. The van der Waals surface area contributed by atoms with Crippen LogP contribution in [-0.4, -0.2) is 21.0 Å². The molecule has 7 heteroatoms. The fourth-order valence-corrected chi connectivity index (χ4v) is 3.14. The third-order valence-electron chi connectivity index (χ3n) is 3.12. The smallest absolute Gasteiger partial charge is 0.338 e. The molecule has 0 radical (unpaired) electrons. The molecule has 0 saturated carbocycles. The summed E-state index contributed by atoms with van der Waals surface area (Å²) < 4.78 is 32.2. The molecule has 0 aromatic heterocycles. The topological polar surface area (TPSA) is 72.5 Å². The van der Waals surface area contributed by atoms with Crippen LogP contribution in [0.1, 0.15) is 22.8 Å². The summed E-state index contributed by atoms with van der Waals surface area (Å²) in [6.07, 6.45) is 0. The highest BCUT2D eigenvalue weighted by molar-refractivity contribution is 7.92. The van der Waals surface area contributed by atoms with Crippen LogP contribution in [-0.2, 0) is 14.8 Å². The molecule has 2 rings (SSSR count). The van der Waals surface area contributed by atoms with E-state index in [9.17, 15) is 13.2 Å². The van der Waals surface area contributed by atoms with Crippen LogP contribution in [0.4, 0.5) is 5.69 Å². The van der Waals surface area contributed by atoms with Gasteiger partial charge in [-0.2, -0.15) is 0 Å². The molecule has 0 spiro atoms. The molecule has 5 nitrogen and oxygen atoms in total. The zero-order valence-electron chi connectivity index (χ0n) is 12.7. The van der Waals surface area contributed by atoms with Gasteiger partial charge in [0, 0.05) is 5.02 Å². The fourth-order valence-electron chi connectivity index (χ4n) is 1.89. The van der Waals surface area contributed by atoms with E-state index in [4.69, 9.17) is 16.3 Å². The van der Waals surface area contributed by atoms with Gasteiger partial charge < -0.3 is 4.74 Å². The van der Waals surface area contributed by atoms with Gasteiger partial charge in [0.2, 0.25) is 0 Å². The molecule has 122 valence electrons. The molecule has 0 amide bonds. The van der Waals surface area contributed by atoms with Gasteiger partial charge in [0.05, 0.1) is 22.8 Å². The normalized spacial score (nSPS) is 11.1. The number of hydrogen-bond acceptors (Lipinski definition) is 4. The van der Waals surface area contributed by atoms with E-state index >= 15 is 0 Å². The molecule has 0 unspecified atom stereocenters. The SMILES string of the molecule is CCOC(=O)c1ccc(C)c(NS(=O)(=O)c2ccc(Cl)cc2)c1. The first kappa shape index (κ1) is 17.3. The van der Waals surface area contributed by atoms with Crippen molar-refractivity contribution in [1.82, 2.24) is 0 Å². The Kier molecular flexibility index (Phi) is 5.28. The van der Waals surface area contributed by atoms with Crippen LogP contribution in [0.5, 0.6) is 0 Å². The largest absolute Gasteiger partial charge is 0.462 e. The number of anilines is 1. The summed E-state index contributed by atoms with van der Waals surface area (Å²) in [6, 6.07) is 10.5. The molecular weight excluding hydrogens is 338 g/mol. The van der Waals surface area contributed by atoms with Crippen molar-refractivity contribution in [3.8, 4) is 0 Å². The van der Waals surface area contributed by atoms with Crippen molar-refractivity contribution in [1.29, 1.82) is 0 Å². The number of ether oxygens (including phenoxy) is 1. The molecule has 0 atom stereocenters. The number of hydrogen-bond donors (Lipinski definition) is 1. The molecule has 2 aromatic rings. The standard InChI is InChI=1S/C16H16ClNO4S/c1-3-22-16(19)12-5-4-11(2)15(10-12)18-23(20,21)14-8-6-13(17)7-9-14/h4-10,18H,3H2,1-2H3. The molecule has 0 saturated heterocycles. The number of benzene rings is 2. The average Bonchev–Trinajstić information content (AvgIpc) is 2.50. The van der Waals surface area contributed by atoms with Gasteiger partial charge in [-0.3, -0.25) is 4.72 Å². The van der Waals surface area contributed by atoms with E-state index in [1.54, 1.807) is 26.0 Å². The van der Waals surface area contributed by atoms with Crippen LogP contribution in [0.3, 0.4) is 0 Å². The minimum Gasteiger partial charge on any atom is -0.462 e. The van der Waals surface area contributed by atoms with Crippen molar-refractivity contribution >= 4 is 33.3 Å². The summed E-state index contributed by atoms with van der Waals surface area (Å²) in [7, 11) is -3.77. The fraction of sp³-hybridized carbons (Fsp3) is 0.188. The lowest BCUT2D eigenvalue weighted by atomic mass is 10.1. The highest BCUT2D eigenvalue weighted by Gasteiger charge is 2.17. The van der Waals surface area contributed by atoms with Crippen molar-refractivity contribution in [3.63, 3.8) is 0 Å². The summed E-state index contributed by atoms with van der Waals surface area (Å²) in [5.74, 6) is -0.501. The highest BCUT2D eigenvalue weighted by Crippen LogP contribution is 2.22. The Morgan fingerprint density at radius 1 is 1.17 bits per heavy atom. The Labute approximate surface area is 140 Å². The maximum Gasteiger partial charge on any atom is 0.338 e. The summed E-state index contributed by atoms with van der Waals surface area (Å²) >= 11 is 5.77. The second-order valence-corrected chi connectivity index (χ2v) is 6.93. The molecule has 0 bridgehead atoms. The molecule has 0 aliphatic carbocycles. The number of carbonyl (C=O) groups is 1. The molecule has 1 N–H and O–H groups in total. The third-order valence-corrected chi connectivity index (χ3v) is 4.75. The summed E-state index contributed by atoms with van der Waals surface area (Å²) in [4.78, 5) is 11.9. The van der Waals surface area contributed by atoms with Crippen LogP contribution < -0.4 is 4.72 Å². The lowest BCUT2D eigenvalue weighted by Crippen LogP contribution is -2.14. The number of esters is 1. The Morgan fingerprint density at radius 3 is 2.43 bits per heavy atom. The van der Waals surface area contributed by atoms with Crippen LogP contribution in [0, 0.1) is 6.92 Å². The van der Waals surface area contributed by atoms with E-state index in [1.807, 2.05) is 0 Å². The van der Waals surface area contributed by atoms with Gasteiger partial charge in [-0.05, 0) is 55.8 Å². The Morgan fingerprint density at radius 2 is 1.83 bits per heavy atom. The third kappa shape index (κ3) is 4.24. The first-order valence-corrected chi connectivity index (χ1v) is 8.76. The van der Waals surface area contributed by atoms with Crippen LogP contribution in [0.25, 0.3) is 0 Å². The van der Waals surface area contributed by atoms with Crippen molar-refractivity contribution in [3.05, 3.63) is 58.6 Å². The Balaban J connectivity index is 2.33. The lowest BCUT2D eigenvalue weighted by molar-refractivity contribution is 0.0526. The van der Waals surface area contributed by atoms with Crippen LogP contribution in [0.15, 0.2) is 47.4 Å². The van der Waals surface area contributed by atoms with Crippen molar-refractivity contribution in [2.75, 3.05) is 11.3 Å². The average molecular weight is 354 g/mol. The summed E-state index contributed by atoms with van der Waals surface area (Å²) in [5.41, 5.74) is 1.30. The second-order valence-electron chi connectivity index (χ2n) is 4.81. The number of carbonyl (C=O) groups excluding carboxylic acids is 1. The van der Waals surface area contributed by atoms with Crippen LogP contribution >= 0.6 is 11.6 Å². The van der Waals surface area contributed by atoms with Gasteiger partial charge >= 0.3 is 5.97 Å². The molecule has 23 heavy (non-hydrogen) atoms. The number of sulfonamides is 1. The molecular formula is C16H16ClNO4S. The highest BCUT2D eigenvalue weighted by atomic mass is 35.5. The maximum absolute atomic E-state index is 12.4. The number of aryl methyl sites for hydroxylation is 1. The second kappa shape index (κ2) is 7.02. The lowest BCUT2D eigenvalue weighted by Gasteiger charge is -2.12. The van der Waals surface area contributed by atoms with Crippen molar-refractivity contribution in [2.24, 2.45) is 0 Å². The van der Waals surface area contributed by atoms with E-state index in [0.29, 0.717) is 16.3 Å². The molecule has 2 aromatic carbocycles. The van der Waals surface area contributed by atoms with Gasteiger partial charge in [0.25, 0.3) is 10.0 Å². The van der Waals surface area contributed by atoms with Gasteiger partial charge in [0.1, 0.15) is 0 Å². The predicted octanol–water partition coefficient (Wildman–Crippen LogP) is 3.63. The van der Waals surface area contributed by atoms with Gasteiger partial charge in [0.15, 0.2) is 0 Å². The zero-order valence-corrected chi connectivity index (χ0v) is 14.2. The molecule has 0 aliphatic rings. The molecule has 0 heterocycles. The molecule has 0 fully saturated rings. The number of rotatable bonds is 5. The van der Waals surface area contributed by atoms with E-state index in [-0.39, 0.29) is 17.1 Å². The van der Waals surface area contributed by atoms with Gasteiger partial charge in [-0.25, -0.2) is 13.2 Å². The molecule has 0 aliphatic heterocycles. The minimum atomic E-state index is -3.77. The van der Waals surface area contributed by atoms with E-state index < -0.39 is 16.0 Å². The zero-order chi connectivity index (χ0) is 17.0. The van der Waals surface area contributed by atoms with Crippen molar-refractivity contribution < 1.29 is 17.9 Å². The quantitative estimate of drug-likeness (QED) is 0.833. The maximum atomic E-state index is 12.4. The van der Waals surface area contributed by atoms with Gasteiger partial charge in [-0.1, -0.05) is 17.7 Å². The minimum absolute atomic E-state index is 0.0860. The van der Waals surface area contributed by atoms with Gasteiger partial charge in [-0.15, -0.1) is 0 Å². The van der Waals surface area contributed by atoms with Crippen molar-refractivity contribution in [2.45, 2.75) is 18.7 Å². The Bertz CT molecular complexity index is 816. The van der Waals surface area contributed by atoms with E-state index in [1.165, 1.54) is 30.3 Å². The van der Waals surface area contributed by atoms with Crippen LogP contribution in [0.2, 0.25) is 5.02 Å². The number of nitrogens with one attached hydrogen (secondary N) is 1. The number of halogens is 1. The monoisotopic (exact) mass is 353 g/mol. The first-order chi connectivity index (χ1) is 10.8.